The number of imidazole rings is 1. The first-order valence-corrected chi connectivity index (χ1v) is 39.0. The summed E-state index contributed by atoms with van der Waals surface area (Å²) in [6.45, 7) is 32.6. The van der Waals surface area contributed by atoms with Crippen LogP contribution in [0.15, 0.2) is 18.9 Å². The van der Waals surface area contributed by atoms with Gasteiger partial charge in [0.1, 0.15) is 66.7 Å². The van der Waals surface area contributed by atoms with Gasteiger partial charge in [0.2, 0.25) is 12.7 Å². The van der Waals surface area contributed by atoms with Gasteiger partial charge in [0, 0.05) is 19.3 Å². The number of nitrogens with one attached hydrogen (secondary N) is 4. The molecule has 3 saturated heterocycles. The van der Waals surface area contributed by atoms with Crippen LogP contribution in [-0.2, 0) is 71.5 Å². The highest BCUT2D eigenvalue weighted by molar-refractivity contribution is 8.32. The van der Waals surface area contributed by atoms with E-state index in [0.717, 1.165) is 30.3 Å². The van der Waals surface area contributed by atoms with Gasteiger partial charge in [0.15, 0.2) is 40.6 Å². The Kier molecular flexibility index (Phi) is 22.7. The number of nitrogen functional groups attached to an aromatic ring is 1. The first-order valence-electron chi connectivity index (χ1n) is 28.0. The van der Waals surface area contributed by atoms with Crippen LogP contribution in [-0.4, -0.2) is 165 Å². The maximum atomic E-state index is 14.8. The van der Waals surface area contributed by atoms with Crippen molar-refractivity contribution < 1.29 is 60.8 Å². The second kappa shape index (κ2) is 27.2. The van der Waals surface area contributed by atoms with Gasteiger partial charge in [-0.3, -0.25) is 9.13 Å². The summed E-state index contributed by atoms with van der Waals surface area (Å²) in [6.07, 6.45) is -2.10. The molecule has 0 amide bonds. The van der Waals surface area contributed by atoms with Crippen LogP contribution < -0.4 is 31.1 Å². The highest BCUT2D eigenvalue weighted by Crippen LogP contribution is 2.56. The molecule has 29 heteroatoms. The van der Waals surface area contributed by atoms with Crippen molar-refractivity contribution in [1.82, 2.24) is 34.1 Å². The second-order valence-corrected chi connectivity index (χ2v) is 38.4. The first kappa shape index (κ1) is 65.9. The molecule has 8 heterocycles. The fourth-order valence-electron chi connectivity index (χ4n) is 9.40. The number of aromatic nitrogens is 7. The molecule has 4 aliphatic rings. The zero-order valence-electron chi connectivity index (χ0n) is 49.5. The van der Waals surface area contributed by atoms with Gasteiger partial charge in [-0.15, -0.1) is 0 Å². The number of anilines is 3. The van der Waals surface area contributed by atoms with Crippen molar-refractivity contribution in [3.63, 3.8) is 0 Å². The Bertz CT molecular complexity index is 2710. The predicted molar refractivity (Wildman–Crippen MR) is 318 cm³/mol. The molecule has 4 aromatic heterocycles. The summed E-state index contributed by atoms with van der Waals surface area (Å²) in [6, 6.07) is 0. The van der Waals surface area contributed by atoms with E-state index < -0.39 is 92.4 Å². The number of hydrogen-bond acceptors (Lipinski definition) is 21. The van der Waals surface area contributed by atoms with Crippen molar-refractivity contribution in [3.8, 4) is 0 Å². The van der Waals surface area contributed by atoms with E-state index in [1.165, 1.54) is 56.5 Å². The summed E-state index contributed by atoms with van der Waals surface area (Å²) in [7, 11) is -5.38. The zero-order valence-corrected chi connectivity index (χ0v) is 54.9. The van der Waals surface area contributed by atoms with Crippen LogP contribution in [0.2, 0.25) is 36.3 Å². The monoisotopic (exact) mass is 1220 g/mol. The maximum absolute atomic E-state index is 14.8. The molecule has 2 unspecified atom stereocenters. The molecule has 23 nitrogen and oxygen atoms in total. The smallest absolute Gasteiger partial charge is 0.226 e. The van der Waals surface area contributed by atoms with Gasteiger partial charge in [-0.05, 0) is 96.2 Å². The average Bonchev–Trinajstić information content (AvgIpc) is 4.29. The predicted octanol–water partition coefficient (Wildman–Crippen LogP) is 5.11. The largest absolute Gasteiger partial charge is 0.780 e. The molecule has 4 aromatic rings. The van der Waals surface area contributed by atoms with Gasteiger partial charge in [-0.2, -0.15) is 9.97 Å². The Balaban J connectivity index is 0.000000637. The van der Waals surface area contributed by atoms with Crippen LogP contribution in [0.25, 0.3) is 22.2 Å². The number of aliphatic hydroxyl groups is 1. The quantitative estimate of drug-likeness (QED) is 0.0513. The number of nitrogens with two attached hydrogens (primary N) is 1. The second-order valence-electron chi connectivity index (χ2n) is 23.5. The lowest BCUT2D eigenvalue weighted by Crippen LogP contribution is -3.11. The summed E-state index contributed by atoms with van der Waals surface area (Å²) < 4.78 is 71.1. The third-order valence-corrected chi connectivity index (χ3v) is 28.4. The lowest BCUT2D eigenvalue weighted by Gasteiger charge is -2.42. The topological polar surface area (TPSA) is 267 Å². The molecule has 2 bridgehead atoms. The molecule has 79 heavy (non-hydrogen) atoms. The van der Waals surface area contributed by atoms with E-state index in [1.807, 2.05) is 23.9 Å². The molecule has 0 aromatic carbocycles. The van der Waals surface area contributed by atoms with Crippen LogP contribution in [0.1, 0.15) is 108 Å². The molecule has 4 aliphatic heterocycles. The minimum Gasteiger partial charge on any atom is -0.780 e. The molecule has 10 atom stereocenters. The normalized spacial score (nSPS) is 28.0. The summed E-state index contributed by atoms with van der Waals surface area (Å²) in [5, 5.41) is 16.0. The number of nitrogens with zero attached hydrogens (tertiary/aromatic N) is 7. The molecule has 0 saturated carbocycles. The van der Waals surface area contributed by atoms with Gasteiger partial charge < -0.3 is 89.4 Å². The molecule has 7 N–H and O–H groups in total. The van der Waals surface area contributed by atoms with Crippen LogP contribution in [0.4, 0.5) is 17.6 Å². The number of aryl methyl sites for hydroxylation is 1. The van der Waals surface area contributed by atoms with Crippen molar-refractivity contribution >= 4 is 94.0 Å². The van der Waals surface area contributed by atoms with Gasteiger partial charge >= 0.3 is 0 Å². The number of quaternary nitrogens is 2. The van der Waals surface area contributed by atoms with E-state index in [0.29, 0.717) is 11.5 Å². The Labute approximate surface area is 480 Å². The average molecular weight is 1220 g/mol. The van der Waals surface area contributed by atoms with Crippen LogP contribution >= 0.6 is 13.5 Å². The number of rotatable bonds is 15. The van der Waals surface area contributed by atoms with E-state index in [1.54, 1.807) is 9.80 Å². The third kappa shape index (κ3) is 15.7. The van der Waals surface area contributed by atoms with E-state index in [2.05, 4.69) is 127 Å². The number of aliphatic hydroxyl groups excluding tert-OH is 1. The van der Waals surface area contributed by atoms with Gasteiger partial charge in [0.25, 0.3) is 0 Å². The van der Waals surface area contributed by atoms with E-state index in [9.17, 15) is 14.6 Å². The molecular formula is C50H92N12O11P2S2Si2. The fourth-order valence-corrected chi connectivity index (χ4v) is 14.8. The first-order chi connectivity index (χ1) is 37.0. The molecule has 8 rings (SSSR count). The van der Waals surface area contributed by atoms with Crippen molar-refractivity contribution in [1.29, 1.82) is 0 Å². The van der Waals surface area contributed by atoms with E-state index in [-0.39, 0.29) is 46.2 Å². The number of ether oxygens (including phenoxy) is 2. The summed E-state index contributed by atoms with van der Waals surface area (Å²) in [5.74, 6) is 0.885. The van der Waals surface area contributed by atoms with Gasteiger partial charge in [0.05, 0.1) is 70.8 Å². The van der Waals surface area contributed by atoms with Crippen molar-refractivity contribution in [2.75, 3.05) is 88.5 Å². The van der Waals surface area contributed by atoms with Crippen molar-refractivity contribution in [2.45, 2.75) is 181 Å². The number of fused-ring (bicyclic) bond motifs is 4. The van der Waals surface area contributed by atoms with Crippen molar-refractivity contribution in [2.24, 2.45) is 0 Å². The Morgan fingerprint density at radius 2 is 1.42 bits per heavy atom. The Morgan fingerprint density at radius 1 is 0.835 bits per heavy atom. The molecule has 3 fully saturated rings. The summed E-state index contributed by atoms with van der Waals surface area (Å²) >= 11 is 11.4. The molecular weight excluding hydrogens is 1130 g/mol. The lowest BCUT2D eigenvalue weighted by molar-refractivity contribution is -0.894. The fraction of sp³-hybridized carbons (Fsp3) is 0.780. The summed E-state index contributed by atoms with van der Waals surface area (Å²) in [4.78, 5) is 40.7. The van der Waals surface area contributed by atoms with Gasteiger partial charge in [-0.25, -0.2) is 15.0 Å². The SMILES string of the molecule is CC(C)(C)[Si](C)(C)O[C@@H]1[C@@H]2OP([O-])(=S)OC[C@H]3O[C@@H](n4cnc5c(N)nc(NCCO)nc54)[C@H](OP(=O)([S-])OC[C@H]2O[C@H]1n1cc2c4c(ncnc41)NCCC2)[C@@H]3O[Si](C)(C)C(C)(C)C.CC[NH+](CC)CC.CC[NH+](CC)CC. The molecule has 0 radical (unpaired) electrons. The lowest BCUT2D eigenvalue weighted by atomic mass is 10.1. The zero-order chi connectivity index (χ0) is 58.5. The third-order valence-electron chi connectivity index (χ3n) is 16.3. The number of hydrogen-bond donors (Lipinski definition) is 6. The summed E-state index contributed by atoms with van der Waals surface area (Å²) in [5.41, 5.74) is 8.40. The Hall–Kier alpha value is -2.25. The van der Waals surface area contributed by atoms with Gasteiger partial charge in [-0.1, -0.05) is 53.3 Å². The molecule has 0 spiro atoms. The molecule has 448 valence electrons. The standard InChI is InChI=1S/C38H62N10O11P2S2Si2.2C6H15N/c1-37(2,3)64(7,8)58-27-23-18-53-60(50,62)56-26-22(17-52-61(51,63)57-28(27)34(55-23)48-20-44-25-30(39)45-36(41-14-15-49)46-33(25)48)54-35(29(26)59-65(9,10)38(4,5)6)47-16-21-12-11-13-40-31-24(21)32(47)43-19-42-31;2*1-4-7(5-2)6-3/h16,19-20,22-23,26-29,34-35,49H,11-15,17-18H2,1-10H3,(H,50,62)(H,51,63)(H,40,42,43)(H3,39,41,45,46);2*4-6H2,1-3H3/t22-,23-,26-,27-,28-,29-,34-,35-,60?,61?;;/m1../s1. The minimum atomic E-state index is -4.51. The minimum absolute atomic E-state index is 0.0550. The highest BCUT2D eigenvalue weighted by atomic mass is 32.7. The van der Waals surface area contributed by atoms with Crippen LogP contribution in [0.5, 0.6) is 0 Å². The highest BCUT2D eigenvalue weighted by Gasteiger charge is 2.56. The van der Waals surface area contributed by atoms with Crippen molar-refractivity contribution in [3.05, 3.63) is 24.4 Å². The van der Waals surface area contributed by atoms with E-state index in [4.69, 9.17) is 71.2 Å². The van der Waals surface area contributed by atoms with E-state index >= 15 is 0 Å². The maximum Gasteiger partial charge on any atom is 0.226 e. The van der Waals surface area contributed by atoms with Crippen LogP contribution in [0.3, 0.4) is 0 Å². The molecule has 0 aliphatic carbocycles. The Morgan fingerprint density at radius 3 is 1.99 bits per heavy atom. The van der Waals surface area contributed by atoms with Crippen LogP contribution in [0, 0.1) is 0 Å².